The number of rotatable bonds is 6. The molecule has 0 saturated heterocycles. The number of hydrogen-bond acceptors (Lipinski definition) is 5. The topological polar surface area (TPSA) is 100 Å². The predicted molar refractivity (Wildman–Crippen MR) is 105 cm³/mol. The van der Waals surface area contributed by atoms with E-state index in [1.54, 1.807) is 24.3 Å². The van der Waals surface area contributed by atoms with Gasteiger partial charge in [0.25, 0.3) is 5.91 Å². The van der Waals surface area contributed by atoms with E-state index in [9.17, 15) is 18.8 Å². The average Bonchev–Trinajstić information content (AvgIpc) is 2.71. The molecule has 0 aliphatic carbocycles. The fourth-order valence-electron chi connectivity index (χ4n) is 2.66. The Morgan fingerprint density at radius 2 is 1.86 bits per heavy atom. The number of methoxy groups -OCH3 is 1. The summed E-state index contributed by atoms with van der Waals surface area (Å²) in [5.41, 5.74) is 1.03. The lowest BCUT2D eigenvalue weighted by Gasteiger charge is -2.22. The van der Waals surface area contributed by atoms with Crippen LogP contribution in [0.4, 0.5) is 15.8 Å². The third kappa shape index (κ3) is 5.38. The number of amides is 3. The number of carbonyl (C=O) groups excluding carboxylic acids is 3. The van der Waals surface area contributed by atoms with Crippen molar-refractivity contribution in [2.45, 2.75) is 12.8 Å². The van der Waals surface area contributed by atoms with Crippen LogP contribution in [0.2, 0.25) is 0 Å². The SMILES string of the molecule is COc1cccc(NC(=O)CN2N=C(C(=O)Nc3ccc(F)cc3)CCC2=O)c1. The van der Waals surface area contributed by atoms with Crippen molar-refractivity contribution >= 4 is 34.8 Å². The number of halogens is 1. The Labute approximate surface area is 166 Å². The van der Waals surface area contributed by atoms with Crippen LogP contribution in [-0.4, -0.2) is 42.1 Å². The third-order valence-electron chi connectivity index (χ3n) is 4.12. The maximum absolute atomic E-state index is 13.0. The summed E-state index contributed by atoms with van der Waals surface area (Å²) in [5.74, 6) is -1.17. The van der Waals surface area contributed by atoms with Gasteiger partial charge in [0, 0.05) is 30.3 Å². The van der Waals surface area contributed by atoms with Crippen LogP contribution in [0.25, 0.3) is 0 Å². The molecule has 2 aromatic rings. The number of hydrogen-bond donors (Lipinski definition) is 2. The van der Waals surface area contributed by atoms with Crippen LogP contribution in [0.5, 0.6) is 5.75 Å². The van der Waals surface area contributed by atoms with Gasteiger partial charge in [-0.05, 0) is 36.4 Å². The number of nitrogens with one attached hydrogen (secondary N) is 2. The maximum Gasteiger partial charge on any atom is 0.271 e. The van der Waals surface area contributed by atoms with Gasteiger partial charge in [-0.2, -0.15) is 5.10 Å². The van der Waals surface area contributed by atoms with Crippen LogP contribution >= 0.6 is 0 Å². The van der Waals surface area contributed by atoms with Crippen LogP contribution < -0.4 is 15.4 Å². The lowest BCUT2D eigenvalue weighted by molar-refractivity contribution is -0.135. The van der Waals surface area contributed by atoms with Gasteiger partial charge in [-0.1, -0.05) is 6.07 Å². The summed E-state index contributed by atoms with van der Waals surface area (Å²) < 4.78 is 18.1. The molecular weight excluding hydrogens is 379 g/mol. The highest BCUT2D eigenvalue weighted by Gasteiger charge is 2.26. The standard InChI is InChI=1S/C20H19FN4O4/c1-29-16-4-2-3-15(11-16)22-18(26)12-25-19(27)10-9-17(24-25)20(28)23-14-7-5-13(21)6-8-14/h2-8,11H,9-10,12H2,1H3,(H,22,26)(H,23,28). The van der Waals surface area contributed by atoms with Gasteiger partial charge in [0.05, 0.1) is 7.11 Å². The number of anilines is 2. The second-order valence-corrected chi connectivity index (χ2v) is 6.24. The summed E-state index contributed by atoms with van der Waals surface area (Å²) in [4.78, 5) is 36.7. The molecule has 1 heterocycles. The highest BCUT2D eigenvalue weighted by Crippen LogP contribution is 2.17. The van der Waals surface area contributed by atoms with Crippen molar-refractivity contribution in [1.29, 1.82) is 0 Å². The zero-order valence-electron chi connectivity index (χ0n) is 15.6. The molecule has 2 aromatic carbocycles. The van der Waals surface area contributed by atoms with Crippen molar-refractivity contribution < 1.29 is 23.5 Å². The Morgan fingerprint density at radius 1 is 1.10 bits per heavy atom. The molecule has 0 aromatic heterocycles. The minimum absolute atomic E-state index is 0.0576. The Kier molecular flexibility index (Phi) is 6.18. The summed E-state index contributed by atoms with van der Waals surface area (Å²) >= 11 is 0. The third-order valence-corrected chi connectivity index (χ3v) is 4.12. The van der Waals surface area contributed by atoms with Crippen LogP contribution in [0.3, 0.4) is 0 Å². The van der Waals surface area contributed by atoms with E-state index in [1.807, 2.05) is 0 Å². The van der Waals surface area contributed by atoms with Gasteiger partial charge in [0.2, 0.25) is 11.8 Å². The van der Waals surface area contributed by atoms with E-state index < -0.39 is 17.6 Å². The van der Waals surface area contributed by atoms with Gasteiger partial charge < -0.3 is 15.4 Å². The number of hydrazone groups is 1. The van der Waals surface area contributed by atoms with Gasteiger partial charge in [-0.15, -0.1) is 0 Å². The Morgan fingerprint density at radius 3 is 2.59 bits per heavy atom. The van der Waals surface area contributed by atoms with Crippen LogP contribution in [0.15, 0.2) is 53.6 Å². The number of nitrogens with zero attached hydrogens (tertiary/aromatic N) is 2. The van der Waals surface area contributed by atoms with Gasteiger partial charge in [0.1, 0.15) is 23.8 Å². The zero-order valence-corrected chi connectivity index (χ0v) is 15.6. The monoisotopic (exact) mass is 398 g/mol. The van der Waals surface area contributed by atoms with Gasteiger partial charge in [0.15, 0.2) is 0 Å². The quantitative estimate of drug-likeness (QED) is 0.780. The van der Waals surface area contributed by atoms with E-state index in [2.05, 4.69) is 15.7 Å². The molecular formula is C20H19FN4O4. The van der Waals surface area contributed by atoms with Crippen LogP contribution in [-0.2, 0) is 14.4 Å². The van der Waals surface area contributed by atoms with Gasteiger partial charge >= 0.3 is 0 Å². The number of benzene rings is 2. The lowest BCUT2D eigenvalue weighted by atomic mass is 10.1. The highest BCUT2D eigenvalue weighted by atomic mass is 19.1. The minimum Gasteiger partial charge on any atom is -0.497 e. The molecule has 1 aliphatic rings. The molecule has 0 saturated carbocycles. The summed E-state index contributed by atoms with van der Waals surface area (Å²) in [6, 6.07) is 12.1. The van der Waals surface area contributed by atoms with E-state index >= 15 is 0 Å². The molecule has 29 heavy (non-hydrogen) atoms. The summed E-state index contributed by atoms with van der Waals surface area (Å²) in [6.45, 7) is -0.330. The van der Waals surface area contributed by atoms with Crippen molar-refractivity contribution in [2.24, 2.45) is 5.10 Å². The van der Waals surface area contributed by atoms with Crippen LogP contribution in [0.1, 0.15) is 12.8 Å². The normalized spacial score (nSPS) is 13.5. The van der Waals surface area contributed by atoms with Crippen LogP contribution in [0, 0.1) is 5.82 Å². The molecule has 3 amide bonds. The molecule has 0 bridgehead atoms. The smallest absolute Gasteiger partial charge is 0.271 e. The zero-order chi connectivity index (χ0) is 20.8. The predicted octanol–water partition coefficient (Wildman–Crippen LogP) is 2.39. The molecule has 0 radical (unpaired) electrons. The highest BCUT2D eigenvalue weighted by molar-refractivity contribution is 6.43. The lowest BCUT2D eigenvalue weighted by Crippen LogP contribution is -2.40. The van der Waals surface area contributed by atoms with Gasteiger partial charge in [-0.3, -0.25) is 14.4 Å². The second kappa shape index (κ2) is 8.96. The van der Waals surface area contributed by atoms with E-state index in [-0.39, 0.29) is 31.0 Å². The summed E-state index contributed by atoms with van der Waals surface area (Å²) in [6.07, 6.45) is 0.210. The Hall–Kier alpha value is -3.75. The fourth-order valence-corrected chi connectivity index (χ4v) is 2.66. The van der Waals surface area contributed by atoms with Crippen molar-refractivity contribution in [3.8, 4) is 5.75 Å². The first-order valence-electron chi connectivity index (χ1n) is 8.83. The largest absolute Gasteiger partial charge is 0.497 e. The Bertz CT molecular complexity index is 959. The average molecular weight is 398 g/mol. The molecule has 0 spiro atoms. The van der Waals surface area contributed by atoms with E-state index in [0.717, 1.165) is 5.01 Å². The molecule has 2 N–H and O–H groups in total. The molecule has 1 aliphatic heterocycles. The summed E-state index contributed by atoms with van der Waals surface area (Å²) in [7, 11) is 1.51. The molecule has 3 rings (SSSR count). The fraction of sp³-hybridized carbons (Fsp3) is 0.200. The van der Waals surface area contributed by atoms with E-state index in [4.69, 9.17) is 4.74 Å². The number of ether oxygens (including phenoxy) is 1. The second-order valence-electron chi connectivity index (χ2n) is 6.24. The molecule has 8 nitrogen and oxygen atoms in total. The summed E-state index contributed by atoms with van der Waals surface area (Å²) in [5, 5.41) is 10.2. The molecule has 0 atom stereocenters. The van der Waals surface area contributed by atoms with Crippen molar-refractivity contribution in [3.63, 3.8) is 0 Å². The van der Waals surface area contributed by atoms with Crippen molar-refractivity contribution in [3.05, 3.63) is 54.3 Å². The molecule has 150 valence electrons. The number of carbonyl (C=O) groups is 3. The molecule has 9 heteroatoms. The first kappa shape index (κ1) is 20.0. The van der Waals surface area contributed by atoms with E-state index in [0.29, 0.717) is 17.1 Å². The first-order valence-corrected chi connectivity index (χ1v) is 8.83. The minimum atomic E-state index is -0.512. The Balaban J connectivity index is 1.64. The first-order chi connectivity index (χ1) is 13.9. The van der Waals surface area contributed by atoms with Crippen molar-refractivity contribution in [1.82, 2.24) is 5.01 Å². The molecule has 0 fully saturated rings. The van der Waals surface area contributed by atoms with Crippen molar-refractivity contribution in [2.75, 3.05) is 24.3 Å². The molecule has 0 unspecified atom stereocenters. The maximum atomic E-state index is 13.0. The van der Waals surface area contributed by atoms with Gasteiger partial charge in [-0.25, -0.2) is 9.40 Å². The van der Waals surface area contributed by atoms with E-state index in [1.165, 1.54) is 31.4 Å².